The molecule has 0 aliphatic heterocycles. The van der Waals surface area contributed by atoms with Gasteiger partial charge in [-0.05, 0) is 18.2 Å². The van der Waals surface area contributed by atoms with Gasteiger partial charge in [0.1, 0.15) is 5.82 Å². The average Bonchev–Trinajstić information content (AvgIpc) is 2.70. The maximum Gasteiger partial charge on any atom is 0.337 e. The molecule has 1 N–H and O–H groups in total. The van der Waals surface area contributed by atoms with Crippen molar-refractivity contribution in [2.45, 2.75) is 19.8 Å². The van der Waals surface area contributed by atoms with Crippen LogP contribution in [0.2, 0.25) is 0 Å². The van der Waals surface area contributed by atoms with E-state index in [1.54, 1.807) is 12.1 Å². The number of ether oxygens (including phenoxy) is 1. The molecule has 84 valence electrons. The minimum Gasteiger partial charge on any atom is -0.465 e. The molecule has 0 unspecified atom stereocenters. The van der Waals surface area contributed by atoms with Crippen molar-refractivity contribution in [3.05, 3.63) is 29.6 Å². The fourth-order valence-corrected chi connectivity index (χ4v) is 1.55. The number of carbonyl (C=O) groups is 1. The van der Waals surface area contributed by atoms with E-state index in [4.69, 9.17) is 0 Å². The highest BCUT2D eigenvalue weighted by Crippen LogP contribution is 2.18. The first-order valence-corrected chi connectivity index (χ1v) is 5.20. The maximum absolute atomic E-state index is 11.3. The summed E-state index contributed by atoms with van der Waals surface area (Å²) in [6.45, 7) is 4.14. The summed E-state index contributed by atoms with van der Waals surface area (Å²) in [6.07, 6.45) is 0. The van der Waals surface area contributed by atoms with E-state index in [0.717, 1.165) is 16.9 Å². The number of hydrogen-bond donors (Lipinski definition) is 1. The van der Waals surface area contributed by atoms with E-state index in [0.29, 0.717) is 11.5 Å². The van der Waals surface area contributed by atoms with Crippen LogP contribution in [0.3, 0.4) is 0 Å². The maximum atomic E-state index is 11.3. The molecule has 2 rings (SSSR count). The van der Waals surface area contributed by atoms with E-state index < -0.39 is 0 Å². The van der Waals surface area contributed by atoms with E-state index in [1.165, 1.54) is 7.11 Å². The van der Waals surface area contributed by atoms with Crippen molar-refractivity contribution in [1.82, 2.24) is 9.97 Å². The Bertz CT molecular complexity index is 529. The highest BCUT2D eigenvalue weighted by Gasteiger charge is 2.10. The van der Waals surface area contributed by atoms with Gasteiger partial charge in [0.25, 0.3) is 0 Å². The van der Waals surface area contributed by atoms with Gasteiger partial charge in [-0.15, -0.1) is 0 Å². The van der Waals surface area contributed by atoms with Crippen molar-refractivity contribution in [3.8, 4) is 0 Å². The molecule has 1 aromatic carbocycles. The fourth-order valence-electron chi connectivity index (χ4n) is 1.55. The van der Waals surface area contributed by atoms with Crippen LogP contribution in [0.4, 0.5) is 0 Å². The third-order valence-corrected chi connectivity index (χ3v) is 2.47. The Kier molecular flexibility index (Phi) is 2.64. The first-order valence-electron chi connectivity index (χ1n) is 5.20. The van der Waals surface area contributed by atoms with Gasteiger partial charge in [0, 0.05) is 5.92 Å². The Morgan fingerprint density at radius 3 is 2.81 bits per heavy atom. The van der Waals surface area contributed by atoms with Crippen LogP contribution in [-0.4, -0.2) is 23.0 Å². The van der Waals surface area contributed by atoms with E-state index in [1.807, 2.05) is 6.07 Å². The van der Waals surface area contributed by atoms with E-state index >= 15 is 0 Å². The van der Waals surface area contributed by atoms with Gasteiger partial charge < -0.3 is 9.72 Å². The molecule has 1 aromatic heterocycles. The van der Waals surface area contributed by atoms with Crippen molar-refractivity contribution in [2.75, 3.05) is 7.11 Å². The van der Waals surface area contributed by atoms with Crippen LogP contribution in [0.25, 0.3) is 11.0 Å². The van der Waals surface area contributed by atoms with Crippen molar-refractivity contribution in [3.63, 3.8) is 0 Å². The molecule has 4 heteroatoms. The molecule has 0 aliphatic rings. The molecule has 0 aliphatic carbocycles. The summed E-state index contributed by atoms with van der Waals surface area (Å²) in [5.74, 6) is 0.939. The summed E-state index contributed by atoms with van der Waals surface area (Å²) < 4.78 is 4.67. The van der Waals surface area contributed by atoms with E-state index in [9.17, 15) is 4.79 Å². The number of fused-ring (bicyclic) bond motifs is 1. The lowest BCUT2D eigenvalue weighted by Crippen LogP contribution is -2.00. The molecule has 2 aromatic rings. The lowest BCUT2D eigenvalue weighted by Gasteiger charge is -1.97. The Morgan fingerprint density at radius 2 is 2.19 bits per heavy atom. The summed E-state index contributed by atoms with van der Waals surface area (Å²) in [5.41, 5.74) is 2.27. The first kappa shape index (κ1) is 10.7. The number of benzene rings is 1. The number of H-pyrrole nitrogens is 1. The number of aromatic amines is 1. The number of methoxy groups -OCH3 is 1. The molecular weight excluding hydrogens is 204 g/mol. The number of carbonyl (C=O) groups excluding carboxylic acids is 1. The number of imidazole rings is 1. The van der Waals surface area contributed by atoms with Gasteiger partial charge in [0.15, 0.2) is 0 Å². The molecule has 0 saturated heterocycles. The molecule has 0 bridgehead atoms. The van der Waals surface area contributed by atoms with E-state index in [2.05, 4.69) is 28.6 Å². The molecule has 0 radical (unpaired) electrons. The minimum absolute atomic E-state index is 0.331. The standard InChI is InChI=1S/C12H14N2O2/c1-7(2)11-13-9-5-4-8(12(15)16-3)6-10(9)14-11/h4-7H,1-3H3,(H,13,14). The van der Waals surface area contributed by atoms with Crippen molar-refractivity contribution in [1.29, 1.82) is 0 Å². The van der Waals surface area contributed by atoms with Gasteiger partial charge in [-0.3, -0.25) is 0 Å². The second kappa shape index (κ2) is 3.96. The third kappa shape index (κ3) is 1.78. The third-order valence-electron chi connectivity index (χ3n) is 2.47. The minimum atomic E-state index is -0.331. The Morgan fingerprint density at radius 1 is 1.44 bits per heavy atom. The molecule has 0 amide bonds. The van der Waals surface area contributed by atoms with Gasteiger partial charge in [-0.2, -0.15) is 0 Å². The Hall–Kier alpha value is -1.84. The zero-order valence-corrected chi connectivity index (χ0v) is 9.57. The van der Waals surface area contributed by atoms with Crippen LogP contribution < -0.4 is 0 Å². The first-order chi connectivity index (χ1) is 7.61. The van der Waals surface area contributed by atoms with Crippen LogP contribution in [0.5, 0.6) is 0 Å². The fraction of sp³-hybridized carbons (Fsp3) is 0.333. The number of aromatic nitrogens is 2. The predicted molar refractivity (Wildman–Crippen MR) is 61.5 cm³/mol. The number of nitrogens with zero attached hydrogens (tertiary/aromatic N) is 1. The number of rotatable bonds is 2. The van der Waals surface area contributed by atoms with Crippen LogP contribution in [0.15, 0.2) is 18.2 Å². The van der Waals surface area contributed by atoms with Crippen LogP contribution in [-0.2, 0) is 4.74 Å². The molecule has 0 saturated carbocycles. The zero-order valence-electron chi connectivity index (χ0n) is 9.57. The monoisotopic (exact) mass is 218 g/mol. The van der Waals surface area contributed by atoms with Crippen LogP contribution in [0.1, 0.15) is 35.9 Å². The summed E-state index contributed by atoms with van der Waals surface area (Å²) in [7, 11) is 1.37. The predicted octanol–water partition coefficient (Wildman–Crippen LogP) is 2.47. The van der Waals surface area contributed by atoms with E-state index in [-0.39, 0.29) is 5.97 Å². The highest BCUT2D eigenvalue weighted by atomic mass is 16.5. The number of hydrogen-bond acceptors (Lipinski definition) is 3. The molecule has 1 heterocycles. The lowest BCUT2D eigenvalue weighted by atomic mass is 10.2. The summed E-state index contributed by atoms with van der Waals surface area (Å²) in [5, 5.41) is 0. The summed E-state index contributed by atoms with van der Waals surface area (Å²) in [6, 6.07) is 5.31. The van der Waals surface area contributed by atoms with Gasteiger partial charge in [-0.25, -0.2) is 9.78 Å². The largest absolute Gasteiger partial charge is 0.465 e. The number of nitrogens with one attached hydrogen (secondary N) is 1. The zero-order chi connectivity index (χ0) is 11.7. The quantitative estimate of drug-likeness (QED) is 0.788. The number of esters is 1. The molecule has 0 fully saturated rings. The molecule has 0 spiro atoms. The van der Waals surface area contributed by atoms with Gasteiger partial charge in [0.2, 0.25) is 0 Å². The average molecular weight is 218 g/mol. The van der Waals surface area contributed by atoms with Crippen molar-refractivity contribution >= 4 is 17.0 Å². The molecule has 4 nitrogen and oxygen atoms in total. The lowest BCUT2D eigenvalue weighted by molar-refractivity contribution is 0.0601. The molecule has 16 heavy (non-hydrogen) atoms. The van der Waals surface area contributed by atoms with Gasteiger partial charge in [0.05, 0.1) is 23.7 Å². The molecular formula is C12H14N2O2. The summed E-state index contributed by atoms with van der Waals surface area (Å²) in [4.78, 5) is 19.0. The van der Waals surface area contributed by atoms with Crippen LogP contribution in [0, 0.1) is 0 Å². The highest BCUT2D eigenvalue weighted by molar-refractivity contribution is 5.93. The van der Waals surface area contributed by atoms with Gasteiger partial charge >= 0.3 is 5.97 Å². The second-order valence-corrected chi connectivity index (χ2v) is 4.00. The second-order valence-electron chi connectivity index (χ2n) is 4.00. The normalized spacial score (nSPS) is 11.0. The summed E-state index contributed by atoms with van der Waals surface area (Å²) >= 11 is 0. The Balaban J connectivity index is 2.49. The SMILES string of the molecule is COC(=O)c1ccc2nc(C(C)C)[nH]c2c1. The van der Waals surface area contributed by atoms with Crippen LogP contribution >= 0.6 is 0 Å². The van der Waals surface area contributed by atoms with Crippen molar-refractivity contribution in [2.24, 2.45) is 0 Å². The molecule has 0 atom stereocenters. The topological polar surface area (TPSA) is 55.0 Å². The van der Waals surface area contributed by atoms with Crippen molar-refractivity contribution < 1.29 is 9.53 Å². The van der Waals surface area contributed by atoms with Gasteiger partial charge in [-0.1, -0.05) is 13.8 Å². The Labute approximate surface area is 93.6 Å². The smallest absolute Gasteiger partial charge is 0.337 e.